The molecule has 3 amide bonds. The number of rotatable bonds is 4. The van der Waals surface area contributed by atoms with E-state index in [9.17, 15) is 22.8 Å². The van der Waals surface area contributed by atoms with Gasteiger partial charge in [-0.05, 0) is 31.9 Å². The van der Waals surface area contributed by atoms with Crippen molar-refractivity contribution >= 4 is 34.9 Å². The number of nitrogens with one attached hydrogen (secondary N) is 2. The lowest BCUT2D eigenvalue weighted by Gasteiger charge is -2.26. The topological polar surface area (TPSA) is 61.4 Å². The normalized spacial score (nSPS) is 19.2. The molecule has 1 aromatic rings. The molecule has 2 atom stereocenters. The highest BCUT2D eigenvalue weighted by Crippen LogP contribution is 2.27. The van der Waals surface area contributed by atoms with Crippen molar-refractivity contribution in [3.8, 4) is 0 Å². The smallest absolute Gasteiger partial charge is 0.345 e. The highest BCUT2D eigenvalue weighted by Gasteiger charge is 2.36. The fraction of sp³-hybridized carbons (Fsp3) is 0.571. The van der Waals surface area contributed by atoms with E-state index in [0.717, 1.165) is 4.88 Å². The molecule has 1 aliphatic heterocycles. The zero-order chi connectivity index (χ0) is 17.9. The fourth-order valence-corrected chi connectivity index (χ4v) is 3.55. The van der Waals surface area contributed by atoms with Crippen LogP contribution in [0.25, 0.3) is 0 Å². The fourth-order valence-electron chi connectivity index (χ4n) is 2.49. The third-order valence-corrected chi connectivity index (χ3v) is 5.05. The Morgan fingerprint density at radius 2 is 2.17 bits per heavy atom. The molecule has 1 fully saturated rings. The van der Waals surface area contributed by atoms with Crippen LogP contribution in [0.5, 0.6) is 0 Å². The predicted molar refractivity (Wildman–Crippen MR) is 85.1 cm³/mol. The van der Waals surface area contributed by atoms with Gasteiger partial charge in [0.25, 0.3) is 0 Å². The minimum atomic E-state index is -4.48. The second-order valence-corrected chi connectivity index (χ2v) is 7.24. The van der Waals surface area contributed by atoms with Crippen LogP contribution in [-0.4, -0.2) is 42.1 Å². The quantitative estimate of drug-likeness (QED) is 0.837. The van der Waals surface area contributed by atoms with Crippen molar-refractivity contribution in [3.63, 3.8) is 0 Å². The van der Waals surface area contributed by atoms with Gasteiger partial charge in [0.15, 0.2) is 0 Å². The molecule has 24 heavy (non-hydrogen) atoms. The van der Waals surface area contributed by atoms with Gasteiger partial charge in [0, 0.05) is 11.4 Å². The summed E-state index contributed by atoms with van der Waals surface area (Å²) in [6.45, 7) is 0.699. The summed E-state index contributed by atoms with van der Waals surface area (Å²) >= 11 is 7.18. The van der Waals surface area contributed by atoms with Gasteiger partial charge in [-0.1, -0.05) is 11.6 Å². The van der Waals surface area contributed by atoms with Crippen molar-refractivity contribution in [1.29, 1.82) is 0 Å². The van der Waals surface area contributed by atoms with Crippen molar-refractivity contribution in [2.45, 2.75) is 38.0 Å². The Labute approximate surface area is 146 Å². The number of hydrogen-bond acceptors (Lipinski definition) is 3. The van der Waals surface area contributed by atoms with Crippen LogP contribution < -0.4 is 10.6 Å². The maximum absolute atomic E-state index is 12.3. The number of carbonyl (C=O) groups is 2. The molecule has 2 rings (SSSR count). The van der Waals surface area contributed by atoms with Gasteiger partial charge in [-0.3, -0.25) is 4.79 Å². The predicted octanol–water partition coefficient (Wildman–Crippen LogP) is 3.32. The number of hydrogen-bond donors (Lipinski definition) is 2. The lowest BCUT2D eigenvalue weighted by molar-refractivity contribution is -0.140. The van der Waals surface area contributed by atoms with Gasteiger partial charge in [0.05, 0.1) is 10.4 Å². The number of thiophene rings is 1. The summed E-state index contributed by atoms with van der Waals surface area (Å²) in [5.74, 6) is -0.785. The monoisotopic (exact) mass is 383 g/mol. The van der Waals surface area contributed by atoms with Gasteiger partial charge in [-0.15, -0.1) is 11.3 Å². The second kappa shape index (κ2) is 7.60. The minimum absolute atomic E-state index is 0.311. The Hall–Kier alpha value is -1.48. The highest BCUT2D eigenvalue weighted by molar-refractivity contribution is 7.16. The van der Waals surface area contributed by atoms with Gasteiger partial charge >= 0.3 is 12.2 Å². The SMILES string of the molecule is C[C@@H](NC(=O)N1CCC[C@H]1C(=O)NCC(F)(F)F)c1ccc(Cl)s1. The first-order chi connectivity index (χ1) is 11.2. The highest BCUT2D eigenvalue weighted by atomic mass is 35.5. The summed E-state index contributed by atoms with van der Waals surface area (Å²) in [7, 11) is 0. The molecule has 0 saturated carbocycles. The largest absolute Gasteiger partial charge is 0.405 e. The van der Waals surface area contributed by atoms with Crippen LogP contribution in [0.1, 0.15) is 30.7 Å². The zero-order valence-electron chi connectivity index (χ0n) is 12.8. The summed E-state index contributed by atoms with van der Waals surface area (Å²) in [5, 5.41) is 4.58. The molecule has 1 aliphatic rings. The molecule has 1 saturated heterocycles. The lowest BCUT2D eigenvalue weighted by Crippen LogP contribution is -2.51. The molecule has 0 aliphatic carbocycles. The molecular formula is C14H17ClF3N3O2S. The van der Waals surface area contributed by atoms with Crippen LogP contribution in [0.2, 0.25) is 4.34 Å². The third kappa shape index (κ3) is 5.01. The molecule has 0 spiro atoms. The van der Waals surface area contributed by atoms with Gasteiger partial charge in [0.2, 0.25) is 5.91 Å². The van der Waals surface area contributed by atoms with Crippen molar-refractivity contribution in [3.05, 3.63) is 21.3 Å². The Morgan fingerprint density at radius 3 is 2.75 bits per heavy atom. The molecule has 1 aromatic heterocycles. The second-order valence-electron chi connectivity index (χ2n) is 5.50. The number of alkyl halides is 3. The average molecular weight is 384 g/mol. The van der Waals surface area contributed by atoms with E-state index in [0.29, 0.717) is 23.7 Å². The van der Waals surface area contributed by atoms with Crippen molar-refractivity contribution in [2.75, 3.05) is 13.1 Å². The number of amides is 3. The molecule has 0 unspecified atom stereocenters. The summed E-state index contributed by atoms with van der Waals surface area (Å²) in [6.07, 6.45) is -3.57. The molecule has 0 bridgehead atoms. The molecule has 0 radical (unpaired) electrons. The summed E-state index contributed by atoms with van der Waals surface area (Å²) in [5.41, 5.74) is 0. The van der Waals surface area contributed by atoms with Crippen LogP contribution >= 0.6 is 22.9 Å². The van der Waals surface area contributed by atoms with E-state index in [1.165, 1.54) is 16.2 Å². The summed E-state index contributed by atoms with van der Waals surface area (Å²) in [4.78, 5) is 26.4. The van der Waals surface area contributed by atoms with E-state index in [-0.39, 0.29) is 6.04 Å². The van der Waals surface area contributed by atoms with Gasteiger partial charge in [0.1, 0.15) is 12.6 Å². The van der Waals surface area contributed by atoms with Crippen molar-refractivity contribution in [1.82, 2.24) is 15.5 Å². The van der Waals surface area contributed by atoms with Crippen molar-refractivity contribution < 1.29 is 22.8 Å². The number of carbonyl (C=O) groups excluding carboxylic acids is 2. The molecule has 2 heterocycles. The average Bonchev–Trinajstić information content (AvgIpc) is 3.12. The van der Waals surface area contributed by atoms with E-state index in [2.05, 4.69) is 5.32 Å². The van der Waals surface area contributed by atoms with Crippen molar-refractivity contribution in [2.24, 2.45) is 0 Å². The summed E-state index contributed by atoms with van der Waals surface area (Å²) < 4.78 is 37.2. The Kier molecular flexibility index (Phi) is 5.97. The Morgan fingerprint density at radius 1 is 1.46 bits per heavy atom. The van der Waals surface area contributed by atoms with Crippen LogP contribution in [-0.2, 0) is 4.79 Å². The first-order valence-corrected chi connectivity index (χ1v) is 8.53. The van der Waals surface area contributed by atoms with Gasteiger partial charge < -0.3 is 15.5 Å². The maximum atomic E-state index is 12.3. The minimum Gasteiger partial charge on any atom is -0.345 e. The third-order valence-electron chi connectivity index (χ3n) is 3.64. The maximum Gasteiger partial charge on any atom is 0.405 e. The van der Waals surface area contributed by atoms with E-state index in [1.807, 2.05) is 5.32 Å². The van der Waals surface area contributed by atoms with E-state index < -0.39 is 30.7 Å². The molecule has 0 aromatic carbocycles. The van der Waals surface area contributed by atoms with Gasteiger partial charge in [-0.2, -0.15) is 13.2 Å². The van der Waals surface area contributed by atoms with E-state index in [4.69, 9.17) is 11.6 Å². The number of urea groups is 1. The molecular weight excluding hydrogens is 367 g/mol. The molecule has 5 nitrogen and oxygen atoms in total. The van der Waals surface area contributed by atoms with E-state index >= 15 is 0 Å². The lowest BCUT2D eigenvalue weighted by atomic mass is 10.2. The first-order valence-electron chi connectivity index (χ1n) is 7.34. The van der Waals surface area contributed by atoms with E-state index in [1.54, 1.807) is 19.1 Å². The number of halogens is 4. The summed E-state index contributed by atoms with van der Waals surface area (Å²) in [6, 6.07) is 1.83. The Bertz CT molecular complexity index is 608. The first kappa shape index (κ1) is 18.9. The number of nitrogens with zero attached hydrogens (tertiary/aromatic N) is 1. The molecule has 10 heteroatoms. The van der Waals surface area contributed by atoms with Crippen LogP contribution in [0.15, 0.2) is 12.1 Å². The zero-order valence-corrected chi connectivity index (χ0v) is 14.4. The Balaban J connectivity index is 1.94. The van der Waals surface area contributed by atoms with Crippen LogP contribution in [0, 0.1) is 0 Å². The van der Waals surface area contributed by atoms with Gasteiger partial charge in [-0.25, -0.2) is 4.79 Å². The number of likely N-dealkylation sites (tertiary alicyclic amines) is 1. The van der Waals surface area contributed by atoms with Crippen LogP contribution in [0.3, 0.4) is 0 Å². The molecule has 134 valence electrons. The van der Waals surface area contributed by atoms with Crippen LogP contribution in [0.4, 0.5) is 18.0 Å². The molecule has 2 N–H and O–H groups in total. The standard InChI is InChI=1S/C14H17ClF3N3O2S/c1-8(10-4-5-11(15)24-10)20-13(23)21-6-2-3-9(21)12(22)19-7-14(16,17)18/h4-5,8-9H,2-3,6-7H2,1H3,(H,19,22)(H,20,23)/t8-,9+/m1/s1.